The zero-order valence-corrected chi connectivity index (χ0v) is 11.5. The number of benzene rings is 1. The Morgan fingerprint density at radius 2 is 1.83 bits per heavy atom. The Hall–Kier alpha value is -1.06. The molecule has 0 amide bonds. The fraction of sp³-hybridized carbons (Fsp3) is 0.600. The van der Waals surface area contributed by atoms with Crippen molar-refractivity contribution in [3.8, 4) is 0 Å². The molecule has 1 N–H and O–H groups in total. The van der Waals surface area contributed by atoms with Gasteiger partial charge in [0.15, 0.2) is 0 Å². The summed E-state index contributed by atoms with van der Waals surface area (Å²) < 4.78 is 0. The predicted molar refractivity (Wildman–Crippen MR) is 75.9 cm³/mol. The lowest BCUT2D eigenvalue weighted by Gasteiger charge is -2.39. The van der Waals surface area contributed by atoms with Gasteiger partial charge >= 0.3 is 0 Å². The average molecular weight is 248 g/mol. The van der Waals surface area contributed by atoms with E-state index >= 15 is 0 Å². The van der Waals surface area contributed by atoms with E-state index in [1.54, 1.807) is 0 Å². The highest BCUT2D eigenvalue weighted by Crippen LogP contribution is 2.22. The first-order valence-corrected chi connectivity index (χ1v) is 6.94. The Bertz CT molecular complexity index is 373. The van der Waals surface area contributed by atoms with Crippen molar-refractivity contribution in [2.24, 2.45) is 0 Å². The number of hydrogen-bond donors (Lipinski definition) is 1. The lowest BCUT2D eigenvalue weighted by atomic mass is 10.1. The number of rotatable bonds is 4. The molecule has 3 nitrogen and oxygen atoms in total. The van der Waals surface area contributed by atoms with Crippen molar-refractivity contribution in [1.82, 2.24) is 4.90 Å². The van der Waals surface area contributed by atoms with Gasteiger partial charge in [0.2, 0.25) is 0 Å². The molecular formula is C15H24N2O. The number of para-hydroxylation sites is 1. The van der Waals surface area contributed by atoms with Crippen LogP contribution in [0.15, 0.2) is 24.3 Å². The molecule has 3 heteroatoms. The summed E-state index contributed by atoms with van der Waals surface area (Å²) in [6.45, 7) is 9.03. The third kappa shape index (κ3) is 2.85. The molecule has 1 aromatic rings. The van der Waals surface area contributed by atoms with E-state index in [0.29, 0.717) is 6.04 Å². The van der Waals surface area contributed by atoms with Crippen molar-refractivity contribution < 1.29 is 5.11 Å². The van der Waals surface area contributed by atoms with Crippen LogP contribution in [0.1, 0.15) is 25.8 Å². The highest BCUT2D eigenvalue weighted by Gasteiger charge is 2.21. The fourth-order valence-electron chi connectivity index (χ4n) is 2.61. The molecule has 0 aromatic heterocycles. The predicted octanol–water partition coefficient (Wildman–Crippen LogP) is 2.10. The lowest BCUT2D eigenvalue weighted by molar-refractivity contribution is 0.192. The van der Waals surface area contributed by atoms with Crippen LogP contribution in [0.2, 0.25) is 0 Å². The minimum atomic E-state index is 0.127. The molecule has 1 aliphatic rings. The molecule has 18 heavy (non-hydrogen) atoms. The summed E-state index contributed by atoms with van der Waals surface area (Å²) in [6.07, 6.45) is 1.22. The third-order valence-corrected chi connectivity index (χ3v) is 4.03. The number of hydrogen-bond acceptors (Lipinski definition) is 3. The minimum Gasteiger partial charge on any atom is -0.392 e. The van der Waals surface area contributed by atoms with E-state index in [1.807, 2.05) is 12.1 Å². The Kier molecular flexibility index (Phi) is 4.61. The van der Waals surface area contributed by atoms with Crippen molar-refractivity contribution >= 4 is 5.69 Å². The Morgan fingerprint density at radius 3 is 2.44 bits per heavy atom. The molecular weight excluding hydrogens is 224 g/mol. The van der Waals surface area contributed by atoms with Crippen LogP contribution >= 0.6 is 0 Å². The van der Waals surface area contributed by atoms with Crippen molar-refractivity contribution in [3.05, 3.63) is 29.8 Å². The molecule has 1 unspecified atom stereocenters. The lowest BCUT2D eigenvalue weighted by Crippen LogP contribution is -2.49. The van der Waals surface area contributed by atoms with Gasteiger partial charge in [-0.2, -0.15) is 0 Å². The first-order valence-electron chi connectivity index (χ1n) is 6.94. The van der Waals surface area contributed by atoms with E-state index in [4.69, 9.17) is 0 Å². The smallest absolute Gasteiger partial charge is 0.0702 e. The zero-order chi connectivity index (χ0) is 13.0. The van der Waals surface area contributed by atoms with Crippen LogP contribution in [-0.4, -0.2) is 42.2 Å². The van der Waals surface area contributed by atoms with Gasteiger partial charge in [0.25, 0.3) is 0 Å². The summed E-state index contributed by atoms with van der Waals surface area (Å²) in [7, 11) is 0. The highest BCUT2D eigenvalue weighted by atomic mass is 16.3. The van der Waals surface area contributed by atoms with Crippen LogP contribution in [-0.2, 0) is 6.61 Å². The van der Waals surface area contributed by atoms with Gasteiger partial charge in [-0.05, 0) is 19.4 Å². The molecule has 1 aromatic carbocycles. The maximum absolute atomic E-state index is 9.39. The second kappa shape index (κ2) is 6.21. The zero-order valence-electron chi connectivity index (χ0n) is 11.5. The van der Waals surface area contributed by atoms with E-state index in [-0.39, 0.29) is 6.61 Å². The molecule has 1 fully saturated rings. The quantitative estimate of drug-likeness (QED) is 0.884. The topological polar surface area (TPSA) is 26.7 Å². The van der Waals surface area contributed by atoms with Gasteiger partial charge in [-0.3, -0.25) is 4.90 Å². The van der Waals surface area contributed by atoms with Crippen LogP contribution in [0.4, 0.5) is 5.69 Å². The molecule has 1 atom stereocenters. The summed E-state index contributed by atoms with van der Waals surface area (Å²) in [4.78, 5) is 4.95. The summed E-state index contributed by atoms with van der Waals surface area (Å²) in [5.74, 6) is 0. The summed E-state index contributed by atoms with van der Waals surface area (Å²) in [5, 5.41) is 9.39. The van der Waals surface area contributed by atoms with Crippen molar-refractivity contribution in [2.75, 3.05) is 31.1 Å². The van der Waals surface area contributed by atoms with Gasteiger partial charge < -0.3 is 10.0 Å². The number of nitrogens with zero attached hydrogens (tertiary/aromatic N) is 2. The van der Waals surface area contributed by atoms with Crippen molar-refractivity contribution in [1.29, 1.82) is 0 Å². The number of piperazine rings is 1. The van der Waals surface area contributed by atoms with E-state index < -0.39 is 0 Å². The Balaban J connectivity index is 2.01. The molecule has 100 valence electrons. The Morgan fingerprint density at radius 1 is 1.17 bits per heavy atom. The van der Waals surface area contributed by atoms with Crippen LogP contribution in [0.5, 0.6) is 0 Å². The standard InChI is InChI=1S/C15H24N2O/c1-3-13(2)16-8-10-17(11-9-16)15-7-5-4-6-14(15)12-18/h4-7,13,18H,3,8-12H2,1-2H3. The average Bonchev–Trinajstić information content (AvgIpc) is 2.46. The van der Waals surface area contributed by atoms with Crippen LogP contribution < -0.4 is 4.90 Å². The summed E-state index contributed by atoms with van der Waals surface area (Å²) >= 11 is 0. The number of aliphatic hydroxyl groups excluding tert-OH is 1. The van der Waals surface area contributed by atoms with E-state index in [1.165, 1.54) is 12.1 Å². The molecule has 1 aliphatic heterocycles. The fourth-order valence-corrected chi connectivity index (χ4v) is 2.61. The molecule has 0 aliphatic carbocycles. The normalized spacial score (nSPS) is 18.9. The van der Waals surface area contributed by atoms with Gasteiger partial charge in [0, 0.05) is 43.5 Å². The SMILES string of the molecule is CCC(C)N1CCN(c2ccccc2CO)CC1. The van der Waals surface area contributed by atoms with E-state index in [2.05, 4.69) is 35.8 Å². The van der Waals surface area contributed by atoms with Crippen molar-refractivity contribution in [3.63, 3.8) is 0 Å². The van der Waals surface area contributed by atoms with Crippen molar-refractivity contribution in [2.45, 2.75) is 32.9 Å². The third-order valence-electron chi connectivity index (χ3n) is 4.03. The molecule has 0 bridgehead atoms. The molecule has 0 saturated carbocycles. The van der Waals surface area contributed by atoms with Crippen LogP contribution in [0.25, 0.3) is 0 Å². The first-order chi connectivity index (χ1) is 8.76. The molecule has 1 heterocycles. The van der Waals surface area contributed by atoms with Gasteiger partial charge in [-0.1, -0.05) is 25.1 Å². The van der Waals surface area contributed by atoms with Gasteiger partial charge in [0.05, 0.1) is 6.61 Å². The van der Waals surface area contributed by atoms with Gasteiger partial charge in [0.1, 0.15) is 0 Å². The molecule has 0 radical (unpaired) electrons. The number of anilines is 1. The van der Waals surface area contributed by atoms with E-state index in [0.717, 1.165) is 31.7 Å². The maximum atomic E-state index is 9.39. The molecule has 0 spiro atoms. The monoisotopic (exact) mass is 248 g/mol. The minimum absolute atomic E-state index is 0.127. The summed E-state index contributed by atoms with van der Waals surface area (Å²) in [5.41, 5.74) is 2.23. The maximum Gasteiger partial charge on any atom is 0.0702 e. The first kappa shape index (κ1) is 13.4. The number of aliphatic hydroxyl groups is 1. The summed E-state index contributed by atoms with van der Waals surface area (Å²) in [6, 6.07) is 8.85. The highest BCUT2D eigenvalue weighted by molar-refractivity contribution is 5.53. The molecule has 2 rings (SSSR count). The van der Waals surface area contributed by atoms with Gasteiger partial charge in [-0.15, -0.1) is 0 Å². The van der Waals surface area contributed by atoms with Crippen LogP contribution in [0.3, 0.4) is 0 Å². The second-order valence-electron chi connectivity index (χ2n) is 5.07. The molecule has 1 saturated heterocycles. The van der Waals surface area contributed by atoms with Crippen LogP contribution in [0, 0.1) is 0 Å². The van der Waals surface area contributed by atoms with E-state index in [9.17, 15) is 5.11 Å². The second-order valence-corrected chi connectivity index (χ2v) is 5.07. The van der Waals surface area contributed by atoms with Gasteiger partial charge in [-0.25, -0.2) is 0 Å². The Labute approximate surface area is 110 Å². The largest absolute Gasteiger partial charge is 0.392 e.